The van der Waals surface area contributed by atoms with Crippen LogP contribution in [0.1, 0.15) is 28.9 Å². The van der Waals surface area contributed by atoms with Crippen molar-refractivity contribution >= 4 is 49.6 Å². The molecule has 10 heteroatoms. The smallest absolute Gasteiger partial charge is 0.126 e. The molecule has 520 valence electrons. The van der Waals surface area contributed by atoms with Crippen molar-refractivity contribution in [1.82, 2.24) is 44.9 Å². The summed E-state index contributed by atoms with van der Waals surface area (Å²) in [6.07, 6.45) is 5.40. The average molecular weight is 1400 g/mol. The van der Waals surface area contributed by atoms with Crippen molar-refractivity contribution in [2.75, 3.05) is 4.90 Å². The quantitative estimate of drug-likeness (QED) is 0.124. The van der Waals surface area contributed by atoms with E-state index in [2.05, 4.69) is 325 Å². The molecule has 0 aliphatic rings. The van der Waals surface area contributed by atoms with Gasteiger partial charge in [-0.15, -0.1) is 0 Å². The number of fused-ring (bicyclic) bond motifs is 3. The van der Waals surface area contributed by atoms with E-state index in [1.807, 2.05) is 125 Å². The Morgan fingerprint density at radius 1 is 0.204 bits per heavy atom. The molecule has 10 nitrogen and oxygen atoms in total. The lowest BCUT2D eigenvalue weighted by Crippen LogP contribution is -2.09. The zero-order valence-corrected chi connectivity index (χ0v) is 60.8. The molecule has 0 atom stereocenters. The maximum Gasteiger partial charge on any atom is 0.126 e. The Balaban J connectivity index is 0.000000114. The lowest BCUT2D eigenvalue weighted by atomic mass is 9.99. The second kappa shape index (κ2) is 34.5. The van der Waals surface area contributed by atoms with Gasteiger partial charge in [0.15, 0.2) is 0 Å². The van der Waals surface area contributed by atoms with Crippen LogP contribution in [-0.4, -0.2) is 44.9 Å². The van der Waals surface area contributed by atoms with E-state index in [1.165, 1.54) is 66.8 Å². The third-order valence-corrected chi connectivity index (χ3v) is 18.2. The number of rotatable bonds is 11. The first kappa shape index (κ1) is 70.9. The highest BCUT2D eigenvalue weighted by Crippen LogP contribution is 2.36. The number of benzene rings is 13. The molecule has 18 aromatic rings. The van der Waals surface area contributed by atoms with Gasteiger partial charge in [0.25, 0.3) is 0 Å². The number of para-hydroxylation sites is 4. The van der Waals surface area contributed by atoms with Gasteiger partial charge >= 0.3 is 0 Å². The number of nitrogens with zero attached hydrogens (tertiary/aromatic N) is 10. The maximum atomic E-state index is 4.70. The van der Waals surface area contributed by atoms with E-state index < -0.39 is 0 Å². The molecule has 0 saturated carbocycles. The van der Waals surface area contributed by atoms with E-state index in [0.29, 0.717) is 0 Å². The molecule has 0 aliphatic heterocycles. The standard InChI is InChI=1S/C25H18N2.C20H15N3.C19H17N.2C17H14N2/c1-17-26-24-9-5-4-8-23(24)25(27-17)20-13-10-19(11-14-20)22-15-12-18-6-2-3-7-21(18)16-22;1-14-22-19-8-3-2-6-17(19)20(23-14)16-11-9-15(10-12-16)18-7-4-5-13-21-18;1-16-9-8-14-19(15-16)20(17-10-4-2-5-11-17)18-12-6-3-7-13-18;1-13-18-11-10-17(19-13)16-9-5-8-15(12-16)14-6-3-2-4-7-14;1-13-18-12-11-17(19-13)16-9-7-15(8-10-16)14-5-3-2-4-6-14/h2-16H,1H3;2-13H,1H3;2-15H,1H3;2*2-12H,1H3. The Kier molecular flexibility index (Phi) is 22.6. The highest BCUT2D eigenvalue weighted by Gasteiger charge is 2.14. The number of anilines is 3. The number of pyridine rings is 1. The van der Waals surface area contributed by atoms with Crippen LogP contribution in [0.5, 0.6) is 0 Å². The first-order chi connectivity index (χ1) is 53.1. The number of hydrogen-bond donors (Lipinski definition) is 0. The molecule has 0 spiro atoms. The predicted molar refractivity (Wildman–Crippen MR) is 447 cm³/mol. The van der Waals surface area contributed by atoms with Crippen LogP contribution in [0.3, 0.4) is 0 Å². The van der Waals surface area contributed by atoms with Gasteiger partial charge in [0, 0.05) is 74.2 Å². The zero-order valence-electron chi connectivity index (χ0n) is 60.8. The van der Waals surface area contributed by atoms with Crippen molar-refractivity contribution in [3.05, 3.63) is 411 Å². The molecule has 0 saturated heterocycles. The molecule has 0 bridgehead atoms. The Hall–Kier alpha value is -14.1. The zero-order chi connectivity index (χ0) is 73.8. The molecule has 0 amide bonds. The van der Waals surface area contributed by atoms with E-state index in [4.69, 9.17) is 4.98 Å². The van der Waals surface area contributed by atoms with Crippen molar-refractivity contribution in [2.24, 2.45) is 0 Å². The summed E-state index contributed by atoms with van der Waals surface area (Å²) in [5.41, 5.74) is 24.5. The molecular formula is C98H78N10. The second-order valence-corrected chi connectivity index (χ2v) is 25.9. The van der Waals surface area contributed by atoms with Gasteiger partial charge in [0.1, 0.15) is 23.3 Å². The lowest BCUT2D eigenvalue weighted by Gasteiger charge is -2.25. The summed E-state index contributed by atoms with van der Waals surface area (Å²) in [7, 11) is 0. The molecule has 0 unspecified atom stereocenters. The summed E-state index contributed by atoms with van der Waals surface area (Å²) in [6, 6.07) is 125. The summed E-state index contributed by atoms with van der Waals surface area (Å²) in [6.45, 7) is 9.81. The van der Waals surface area contributed by atoms with Crippen molar-refractivity contribution in [2.45, 2.75) is 34.6 Å². The van der Waals surface area contributed by atoms with Crippen molar-refractivity contribution in [3.63, 3.8) is 0 Å². The molecular weight excluding hydrogens is 1320 g/mol. The van der Waals surface area contributed by atoms with E-state index in [9.17, 15) is 0 Å². The molecule has 108 heavy (non-hydrogen) atoms. The van der Waals surface area contributed by atoms with Gasteiger partial charge in [-0.05, 0) is 169 Å². The average Bonchev–Trinajstić information content (AvgIpc) is 0.806. The minimum absolute atomic E-state index is 0.785. The van der Waals surface area contributed by atoms with Crippen LogP contribution >= 0.6 is 0 Å². The molecule has 5 aromatic heterocycles. The summed E-state index contributed by atoms with van der Waals surface area (Å²) in [5, 5.41) is 4.68. The van der Waals surface area contributed by atoms with Crippen LogP contribution in [0.15, 0.2) is 383 Å². The minimum atomic E-state index is 0.785. The van der Waals surface area contributed by atoms with E-state index in [1.54, 1.807) is 12.4 Å². The third-order valence-electron chi connectivity index (χ3n) is 18.2. The summed E-state index contributed by atoms with van der Waals surface area (Å²) < 4.78 is 0. The molecule has 0 radical (unpaired) electrons. The van der Waals surface area contributed by atoms with Crippen LogP contribution in [0.4, 0.5) is 17.1 Å². The van der Waals surface area contributed by atoms with Crippen LogP contribution in [0, 0.1) is 34.6 Å². The topological polar surface area (TPSA) is 119 Å². The van der Waals surface area contributed by atoms with Gasteiger partial charge in [0.2, 0.25) is 0 Å². The van der Waals surface area contributed by atoms with Crippen LogP contribution < -0.4 is 4.90 Å². The minimum Gasteiger partial charge on any atom is -0.310 e. The normalized spacial score (nSPS) is 10.6. The van der Waals surface area contributed by atoms with Crippen molar-refractivity contribution in [1.29, 1.82) is 0 Å². The van der Waals surface area contributed by atoms with E-state index in [0.717, 1.165) is 101 Å². The molecule has 5 heterocycles. The third kappa shape index (κ3) is 17.9. The Morgan fingerprint density at radius 3 is 1.12 bits per heavy atom. The van der Waals surface area contributed by atoms with Gasteiger partial charge in [-0.25, -0.2) is 39.9 Å². The molecule has 0 N–H and O–H groups in total. The lowest BCUT2D eigenvalue weighted by molar-refractivity contribution is 1.06. The number of aromatic nitrogens is 9. The first-order valence-corrected chi connectivity index (χ1v) is 36.1. The molecule has 18 rings (SSSR count). The van der Waals surface area contributed by atoms with Crippen molar-refractivity contribution in [3.8, 4) is 89.7 Å². The summed E-state index contributed by atoms with van der Waals surface area (Å²) >= 11 is 0. The summed E-state index contributed by atoms with van der Waals surface area (Å²) in [5.74, 6) is 3.17. The Bertz CT molecular complexity index is 5930. The van der Waals surface area contributed by atoms with Gasteiger partial charge in [0.05, 0.1) is 39.5 Å². The largest absolute Gasteiger partial charge is 0.310 e. The highest BCUT2D eigenvalue weighted by molar-refractivity contribution is 5.94. The Labute approximate surface area is 631 Å². The van der Waals surface area contributed by atoms with Gasteiger partial charge in [-0.1, -0.05) is 279 Å². The summed E-state index contributed by atoms with van der Waals surface area (Å²) in [4.78, 5) is 42.2. The van der Waals surface area contributed by atoms with Crippen LogP contribution in [0.2, 0.25) is 0 Å². The number of aryl methyl sites for hydroxylation is 5. The van der Waals surface area contributed by atoms with Crippen LogP contribution in [0.25, 0.3) is 122 Å². The Morgan fingerprint density at radius 2 is 0.593 bits per heavy atom. The van der Waals surface area contributed by atoms with E-state index in [-0.39, 0.29) is 0 Å². The molecule has 0 aliphatic carbocycles. The van der Waals surface area contributed by atoms with Gasteiger partial charge in [-0.3, -0.25) is 4.98 Å². The van der Waals surface area contributed by atoms with E-state index >= 15 is 0 Å². The second-order valence-electron chi connectivity index (χ2n) is 25.9. The molecule has 13 aromatic carbocycles. The fourth-order valence-corrected chi connectivity index (χ4v) is 12.9. The molecule has 0 fully saturated rings. The predicted octanol–water partition coefficient (Wildman–Crippen LogP) is 24.8. The van der Waals surface area contributed by atoms with Gasteiger partial charge in [-0.2, -0.15) is 0 Å². The first-order valence-electron chi connectivity index (χ1n) is 36.1. The highest BCUT2D eigenvalue weighted by atomic mass is 15.1. The monoisotopic (exact) mass is 1390 g/mol. The fourth-order valence-electron chi connectivity index (χ4n) is 12.9. The van der Waals surface area contributed by atoms with Crippen LogP contribution in [-0.2, 0) is 0 Å². The fraction of sp³-hybridized carbons (Fsp3) is 0.0510. The number of hydrogen-bond acceptors (Lipinski definition) is 10. The SMILES string of the molecule is Cc1cccc(N(c2ccccc2)c2ccccc2)c1.Cc1nc(-c2ccc(-c3ccc4ccccc4c3)cc2)c2ccccc2n1.Cc1nc(-c2ccc(-c3ccccn3)cc2)c2ccccc2n1.Cc1nccc(-c2ccc(-c3ccccc3)cc2)n1.Cc1nccc(-c2cccc(-c3ccccc3)c2)n1. The maximum absolute atomic E-state index is 4.70. The van der Waals surface area contributed by atoms with Crippen molar-refractivity contribution < 1.29 is 0 Å². The van der Waals surface area contributed by atoms with Gasteiger partial charge < -0.3 is 4.90 Å².